The Morgan fingerprint density at radius 3 is 2.50 bits per heavy atom. The fourth-order valence-corrected chi connectivity index (χ4v) is 1.34. The number of alkyl halides is 4. The van der Waals surface area contributed by atoms with Crippen LogP contribution in [0.15, 0.2) is 18.2 Å². The molecule has 0 unspecified atom stereocenters. The summed E-state index contributed by atoms with van der Waals surface area (Å²) in [7, 11) is 0. The highest BCUT2D eigenvalue weighted by Gasteiger charge is 2.32. The maximum absolute atomic E-state index is 11.9. The van der Waals surface area contributed by atoms with Gasteiger partial charge in [0.2, 0.25) is 0 Å². The van der Waals surface area contributed by atoms with Crippen LogP contribution in [0.4, 0.5) is 13.2 Å². The van der Waals surface area contributed by atoms with Gasteiger partial charge in [-0.15, -0.1) is 13.2 Å². The third-order valence-corrected chi connectivity index (χ3v) is 2.34. The molecule has 1 aromatic carbocycles. The fourth-order valence-electron chi connectivity index (χ4n) is 0.834. The van der Waals surface area contributed by atoms with E-state index < -0.39 is 6.36 Å². The normalized spacial score (nSPS) is 11.5. The van der Waals surface area contributed by atoms with Crippen molar-refractivity contribution in [1.29, 1.82) is 0 Å². The van der Waals surface area contributed by atoms with Crippen LogP contribution in [0.1, 0.15) is 5.56 Å². The number of hydrogen-bond acceptors (Lipinski definition) is 1. The van der Waals surface area contributed by atoms with Crippen molar-refractivity contribution in [3.8, 4) is 5.75 Å². The maximum atomic E-state index is 11.9. The predicted molar refractivity (Wildman–Crippen MR) is 50.8 cm³/mol. The van der Waals surface area contributed by atoms with Crippen molar-refractivity contribution in [3.63, 3.8) is 0 Å². The highest BCUT2D eigenvalue weighted by Crippen LogP contribution is 2.31. The Morgan fingerprint density at radius 2 is 2.00 bits per heavy atom. The van der Waals surface area contributed by atoms with E-state index in [1.165, 1.54) is 12.1 Å². The third kappa shape index (κ3) is 3.38. The van der Waals surface area contributed by atoms with Gasteiger partial charge in [-0.1, -0.05) is 33.6 Å². The zero-order valence-corrected chi connectivity index (χ0v) is 9.08. The van der Waals surface area contributed by atoms with Crippen LogP contribution in [0.3, 0.4) is 0 Å². The lowest BCUT2D eigenvalue weighted by Crippen LogP contribution is -2.17. The second-order valence-corrected chi connectivity index (χ2v) is 3.41. The van der Waals surface area contributed by atoms with Crippen LogP contribution in [-0.4, -0.2) is 6.36 Å². The Balaban J connectivity index is 2.95. The van der Waals surface area contributed by atoms with E-state index in [1.54, 1.807) is 6.07 Å². The van der Waals surface area contributed by atoms with Crippen LogP contribution >= 0.6 is 27.5 Å². The maximum Gasteiger partial charge on any atom is 0.573 e. The molecule has 14 heavy (non-hydrogen) atoms. The SMILES string of the molecule is FC(F)(F)Oc1cc(CBr)ccc1Cl. The summed E-state index contributed by atoms with van der Waals surface area (Å²) in [6.07, 6.45) is -4.71. The summed E-state index contributed by atoms with van der Waals surface area (Å²) in [6, 6.07) is 4.21. The van der Waals surface area contributed by atoms with Gasteiger partial charge >= 0.3 is 6.36 Å². The molecule has 0 aromatic heterocycles. The number of hydrogen-bond donors (Lipinski definition) is 0. The van der Waals surface area contributed by atoms with Gasteiger partial charge in [-0.3, -0.25) is 0 Å². The first-order chi connectivity index (χ1) is 6.42. The van der Waals surface area contributed by atoms with Crippen molar-refractivity contribution in [2.75, 3.05) is 0 Å². The number of ether oxygens (including phenoxy) is 1. The number of benzene rings is 1. The largest absolute Gasteiger partial charge is 0.573 e. The second-order valence-electron chi connectivity index (χ2n) is 2.45. The molecule has 0 saturated heterocycles. The molecular formula is C8H5BrClF3O. The van der Waals surface area contributed by atoms with Crippen LogP contribution < -0.4 is 4.74 Å². The molecule has 0 aliphatic rings. The molecule has 0 N–H and O–H groups in total. The molecule has 0 amide bonds. The molecule has 6 heteroatoms. The molecule has 0 spiro atoms. The minimum atomic E-state index is -4.71. The highest BCUT2D eigenvalue weighted by molar-refractivity contribution is 9.08. The van der Waals surface area contributed by atoms with E-state index >= 15 is 0 Å². The van der Waals surface area contributed by atoms with Gasteiger partial charge < -0.3 is 4.74 Å². The molecule has 1 aromatic rings. The predicted octanol–water partition coefficient (Wildman–Crippen LogP) is 4.13. The minimum absolute atomic E-state index is 0.0629. The summed E-state index contributed by atoms with van der Waals surface area (Å²) in [5.74, 6) is -0.379. The van der Waals surface area contributed by atoms with Crippen molar-refractivity contribution in [2.24, 2.45) is 0 Å². The number of rotatable bonds is 2. The number of halogens is 5. The summed E-state index contributed by atoms with van der Waals surface area (Å²) in [5, 5.41) is 0.380. The van der Waals surface area contributed by atoms with E-state index in [0.717, 1.165) is 0 Å². The first-order valence-electron chi connectivity index (χ1n) is 3.52. The van der Waals surface area contributed by atoms with E-state index in [-0.39, 0.29) is 10.8 Å². The Kier molecular flexibility index (Phi) is 3.66. The zero-order valence-electron chi connectivity index (χ0n) is 6.74. The van der Waals surface area contributed by atoms with Crippen molar-refractivity contribution in [2.45, 2.75) is 11.7 Å². The van der Waals surface area contributed by atoms with Gasteiger partial charge in [-0.25, -0.2) is 0 Å². The average Bonchev–Trinajstić information content (AvgIpc) is 2.06. The Labute approximate surface area is 91.9 Å². The quantitative estimate of drug-likeness (QED) is 0.744. The fraction of sp³-hybridized carbons (Fsp3) is 0.250. The first-order valence-corrected chi connectivity index (χ1v) is 5.02. The van der Waals surface area contributed by atoms with Crippen molar-refractivity contribution in [1.82, 2.24) is 0 Å². The van der Waals surface area contributed by atoms with E-state index in [9.17, 15) is 13.2 Å². The summed E-state index contributed by atoms with van der Waals surface area (Å²) < 4.78 is 39.3. The summed E-state index contributed by atoms with van der Waals surface area (Å²) in [6.45, 7) is 0. The molecule has 1 nitrogen and oxygen atoms in total. The van der Waals surface area contributed by atoms with Gasteiger partial charge in [0, 0.05) is 5.33 Å². The molecular weight excluding hydrogens is 284 g/mol. The van der Waals surface area contributed by atoms with Gasteiger partial charge in [0.25, 0.3) is 0 Å². The smallest absolute Gasteiger partial charge is 0.404 e. The summed E-state index contributed by atoms with van der Waals surface area (Å²) >= 11 is 8.63. The minimum Gasteiger partial charge on any atom is -0.404 e. The second kappa shape index (κ2) is 4.40. The molecule has 78 valence electrons. The van der Waals surface area contributed by atoms with Gasteiger partial charge in [-0.2, -0.15) is 0 Å². The van der Waals surface area contributed by atoms with Gasteiger partial charge in [0.15, 0.2) is 0 Å². The lowest BCUT2D eigenvalue weighted by Gasteiger charge is -2.10. The third-order valence-electron chi connectivity index (χ3n) is 1.38. The molecule has 0 bridgehead atoms. The summed E-state index contributed by atoms with van der Waals surface area (Å²) in [4.78, 5) is 0. The molecule has 0 aliphatic carbocycles. The van der Waals surface area contributed by atoms with Crippen LogP contribution in [0.25, 0.3) is 0 Å². The molecule has 0 radical (unpaired) electrons. The molecule has 0 heterocycles. The van der Waals surface area contributed by atoms with Crippen LogP contribution in [-0.2, 0) is 5.33 Å². The standard InChI is InChI=1S/C8H5BrClF3O/c9-4-5-1-2-6(10)7(3-5)14-8(11,12)13/h1-3H,4H2. The monoisotopic (exact) mass is 288 g/mol. The lowest BCUT2D eigenvalue weighted by atomic mass is 10.2. The van der Waals surface area contributed by atoms with Gasteiger partial charge in [-0.05, 0) is 17.7 Å². The van der Waals surface area contributed by atoms with Crippen LogP contribution in [0.2, 0.25) is 5.02 Å². The molecule has 0 aliphatic heterocycles. The van der Waals surface area contributed by atoms with Crippen molar-refractivity contribution in [3.05, 3.63) is 28.8 Å². The van der Waals surface area contributed by atoms with Crippen molar-refractivity contribution < 1.29 is 17.9 Å². The zero-order chi connectivity index (χ0) is 10.8. The van der Waals surface area contributed by atoms with E-state index in [1.807, 2.05) is 0 Å². The summed E-state index contributed by atoms with van der Waals surface area (Å²) in [5.41, 5.74) is 0.661. The molecule has 0 saturated carbocycles. The topological polar surface area (TPSA) is 9.23 Å². The van der Waals surface area contributed by atoms with Crippen LogP contribution in [0.5, 0.6) is 5.75 Å². The van der Waals surface area contributed by atoms with E-state index in [4.69, 9.17) is 11.6 Å². The molecule has 0 fully saturated rings. The van der Waals surface area contributed by atoms with Crippen LogP contribution in [0, 0.1) is 0 Å². The lowest BCUT2D eigenvalue weighted by molar-refractivity contribution is -0.274. The van der Waals surface area contributed by atoms with E-state index in [0.29, 0.717) is 10.9 Å². The van der Waals surface area contributed by atoms with Gasteiger partial charge in [0.05, 0.1) is 5.02 Å². The first kappa shape index (κ1) is 11.7. The Bertz CT molecular complexity index is 327. The Hall–Kier alpha value is -0.420. The Morgan fingerprint density at radius 1 is 1.36 bits per heavy atom. The highest BCUT2D eigenvalue weighted by atomic mass is 79.9. The average molecular weight is 289 g/mol. The van der Waals surface area contributed by atoms with E-state index in [2.05, 4.69) is 20.7 Å². The molecule has 0 atom stereocenters. The van der Waals surface area contributed by atoms with Crippen molar-refractivity contribution >= 4 is 27.5 Å². The molecule has 1 rings (SSSR count). The van der Waals surface area contributed by atoms with Gasteiger partial charge in [0.1, 0.15) is 5.75 Å².